The third kappa shape index (κ3) is 10.8. The van der Waals surface area contributed by atoms with Gasteiger partial charge in [-0.05, 0) is 66.5 Å². The van der Waals surface area contributed by atoms with Gasteiger partial charge in [0.1, 0.15) is 29.3 Å². The number of benzene rings is 2. The van der Waals surface area contributed by atoms with Crippen LogP contribution in [0.4, 0.5) is 4.79 Å². The quantitative estimate of drug-likeness (QED) is 0.342. The Kier molecular flexibility index (Phi) is 12.1. The first-order valence-electron chi connectivity index (χ1n) is 14.1. The van der Waals surface area contributed by atoms with Gasteiger partial charge in [-0.2, -0.15) is 0 Å². The first-order valence-corrected chi connectivity index (χ1v) is 14.1. The Balaban J connectivity index is 2.46. The van der Waals surface area contributed by atoms with Crippen LogP contribution >= 0.6 is 0 Å². The Hall–Kier alpha value is -3.92. The summed E-state index contributed by atoms with van der Waals surface area (Å²) in [6, 6.07) is 12.7. The molecule has 0 bridgehead atoms. The number of alkyl carbamates (subject to hydrolysis) is 1. The number of amides is 3. The van der Waals surface area contributed by atoms with E-state index in [0.29, 0.717) is 5.56 Å². The number of aliphatic hydroxyl groups is 1. The van der Waals surface area contributed by atoms with Gasteiger partial charge >= 0.3 is 12.1 Å². The molecule has 0 saturated heterocycles. The van der Waals surface area contributed by atoms with Crippen molar-refractivity contribution in [1.29, 1.82) is 0 Å². The van der Waals surface area contributed by atoms with Gasteiger partial charge in [0.25, 0.3) is 0 Å². The smallest absolute Gasteiger partial charge is 0.408 e. The maximum atomic E-state index is 14.0. The maximum Gasteiger partial charge on any atom is 0.408 e. The van der Waals surface area contributed by atoms with Gasteiger partial charge in [0.05, 0.1) is 6.61 Å². The number of ether oxygens (including phenoxy) is 2. The van der Waals surface area contributed by atoms with E-state index in [9.17, 15) is 24.3 Å². The van der Waals surface area contributed by atoms with Crippen molar-refractivity contribution in [3.05, 3.63) is 71.3 Å². The van der Waals surface area contributed by atoms with Crippen molar-refractivity contribution in [3.63, 3.8) is 0 Å². The van der Waals surface area contributed by atoms with Crippen molar-refractivity contribution in [2.45, 2.75) is 91.1 Å². The highest BCUT2D eigenvalue weighted by Gasteiger charge is 2.37. The lowest BCUT2D eigenvalue weighted by Crippen LogP contribution is -2.55. The molecule has 0 saturated carbocycles. The van der Waals surface area contributed by atoms with Crippen LogP contribution in [0.5, 0.6) is 0 Å². The molecular weight excluding hydrogens is 538 g/mol. The normalized spacial score (nSPS) is 13.7. The second kappa shape index (κ2) is 14.8. The summed E-state index contributed by atoms with van der Waals surface area (Å²) in [6.07, 6.45) is -0.711. The molecule has 3 amide bonds. The zero-order chi connectivity index (χ0) is 31.7. The minimum absolute atomic E-state index is 0.0626. The van der Waals surface area contributed by atoms with Crippen LogP contribution in [-0.2, 0) is 30.3 Å². The average molecular weight is 584 g/mol. The summed E-state index contributed by atoms with van der Waals surface area (Å²) in [5, 5.41) is 15.2. The summed E-state index contributed by atoms with van der Waals surface area (Å²) in [5.41, 5.74) is 0.635. The number of hydrogen-bond donors (Lipinski definition) is 3. The van der Waals surface area contributed by atoms with Crippen LogP contribution in [0.25, 0.3) is 0 Å². The first kappa shape index (κ1) is 34.3. The molecule has 0 aliphatic carbocycles. The van der Waals surface area contributed by atoms with E-state index in [0.717, 1.165) is 11.1 Å². The number of hydrogen-bond acceptors (Lipinski definition) is 7. The Bertz CT molecular complexity index is 1200. The van der Waals surface area contributed by atoms with Crippen molar-refractivity contribution >= 4 is 23.9 Å². The first-order chi connectivity index (χ1) is 19.5. The highest BCUT2D eigenvalue weighted by Crippen LogP contribution is 2.24. The van der Waals surface area contributed by atoms with Crippen LogP contribution in [-0.4, -0.2) is 70.3 Å². The molecule has 0 fully saturated rings. The standard InChI is InChI=1S/C32H45N3O7/c1-9-35(28(38)25(20-36)34-30(40)42-32(6,7)8)26(23-17-15-21(2)16-18-23)27(37)33-24(29(39)41-31(3,4)5)19-22-13-11-10-12-14-22/h10-18,24-26,36H,9,19-20H2,1-8H3,(H,33,37)(H,34,40). The molecule has 0 aromatic heterocycles. The molecule has 3 unspecified atom stereocenters. The van der Waals surface area contributed by atoms with Gasteiger partial charge in [-0.1, -0.05) is 60.2 Å². The summed E-state index contributed by atoms with van der Waals surface area (Å²) < 4.78 is 10.9. The highest BCUT2D eigenvalue weighted by atomic mass is 16.6. The summed E-state index contributed by atoms with van der Waals surface area (Å²) >= 11 is 0. The number of rotatable bonds is 11. The van der Waals surface area contributed by atoms with Gasteiger partial charge in [0.2, 0.25) is 11.8 Å². The molecule has 3 N–H and O–H groups in total. The molecule has 0 spiro atoms. The molecule has 0 aliphatic heterocycles. The molecule has 2 aromatic rings. The monoisotopic (exact) mass is 583 g/mol. The van der Waals surface area contributed by atoms with E-state index in [1.165, 1.54) is 4.90 Å². The van der Waals surface area contributed by atoms with Crippen molar-refractivity contribution in [2.75, 3.05) is 13.2 Å². The third-order valence-electron chi connectivity index (χ3n) is 6.04. The Morgan fingerprint density at radius 3 is 1.90 bits per heavy atom. The molecule has 2 aromatic carbocycles. The van der Waals surface area contributed by atoms with E-state index in [4.69, 9.17) is 9.47 Å². The van der Waals surface area contributed by atoms with Crippen molar-refractivity contribution in [1.82, 2.24) is 15.5 Å². The summed E-state index contributed by atoms with van der Waals surface area (Å²) in [6.45, 7) is 13.2. The Morgan fingerprint density at radius 2 is 1.40 bits per heavy atom. The number of carbonyl (C=O) groups is 4. The largest absolute Gasteiger partial charge is 0.458 e. The molecule has 0 radical (unpaired) electrons. The van der Waals surface area contributed by atoms with E-state index < -0.39 is 59.8 Å². The number of aliphatic hydroxyl groups excluding tert-OH is 1. The predicted molar refractivity (Wildman–Crippen MR) is 159 cm³/mol. The van der Waals surface area contributed by atoms with E-state index >= 15 is 0 Å². The minimum Gasteiger partial charge on any atom is -0.458 e. The molecule has 10 heteroatoms. The van der Waals surface area contributed by atoms with Crippen LogP contribution in [0.1, 0.15) is 71.2 Å². The number of aryl methyl sites for hydroxylation is 1. The average Bonchev–Trinajstić information content (AvgIpc) is 2.88. The second-order valence-electron chi connectivity index (χ2n) is 12.1. The second-order valence-corrected chi connectivity index (χ2v) is 12.1. The topological polar surface area (TPSA) is 134 Å². The molecule has 2 rings (SSSR count). The molecule has 10 nitrogen and oxygen atoms in total. The number of nitrogens with one attached hydrogen (secondary N) is 2. The fourth-order valence-corrected chi connectivity index (χ4v) is 4.19. The van der Waals surface area contributed by atoms with Gasteiger partial charge in [-0.25, -0.2) is 9.59 Å². The number of carbonyl (C=O) groups excluding carboxylic acids is 4. The fourth-order valence-electron chi connectivity index (χ4n) is 4.19. The molecule has 0 heterocycles. The van der Waals surface area contributed by atoms with E-state index in [1.807, 2.05) is 49.4 Å². The highest BCUT2D eigenvalue weighted by molar-refractivity contribution is 5.94. The van der Waals surface area contributed by atoms with E-state index in [2.05, 4.69) is 10.6 Å². The molecule has 3 atom stereocenters. The fraction of sp³-hybridized carbons (Fsp3) is 0.500. The van der Waals surface area contributed by atoms with Crippen molar-refractivity contribution < 1.29 is 33.8 Å². The lowest BCUT2D eigenvalue weighted by molar-refractivity contribution is -0.159. The van der Waals surface area contributed by atoms with E-state index in [1.54, 1.807) is 60.6 Å². The zero-order valence-electron chi connectivity index (χ0n) is 25.9. The van der Waals surface area contributed by atoms with Gasteiger partial charge in [0, 0.05) is 13.0 Å². The van der Waals surface area contributed by atoms with Gasteiger partial charge < -0.3 is 30.1 Å². The van der Waals surface area contributed by atoms with Crippen molar-refractivity contribution in [2.24, 2.45) is 0 Å². The van der Waals surface area contributed by atoms with Gasteiger partial charge in [-0.3, -0.25) is 9.59 Å². The SMILES string of the molecule is CCN(C(=O)C(CO)NC(=O)OC(C)(C)C)C(C(=O)NC(Cc1ccccc1)C(=O)OC(C)(C)C)c1ccc(C)cc1. The summed E-state index contributed by atoms with van der Waals surface area (Å²) in [7, 11) is 0. The molecule has 230 valence electrons. The minimum atomic E-state index is -1.37. The van der Waals surface area contributed by atoms with E-state index in [-0.39, 0.29) is 13.0 Å². The number of nitrogens with zero attached hydrogens (tertiary/aromatic N) is 1. The number of esters is 1. The van der Waals surface area contributed by atoms with Crippen LogP contribution in [0, 0.1) is 6.92 Å². The van der Waals surface area contributed by atoms with Gasteiger partial charge in [0.15, 0.2) is 0 Å². The predicted octanol–water partition coefficient (Wildman–Crippen LogP) is 3.84. The van der Waals surface area contributed by atoms with Crippen molar-refractivity contribution in [3.8, 4) is 0 Å². The summed E-state index contributed by atoms with van der Waals surface area (Å²) in [4.78, 5) is 54.7. The molecular formula is C32H45N3O7. The van der Waals surface area contributed by atoms with Crippen LogP contribution in [0.3, 0.4) is 0 Å². The zero-order valence-corrected chi connectivity index (χ0v) is 25.9. The molecule has 0 aliphatic rings. The maximum absolute atomic E-state index is 14.0. The Morgan fingerprint density at radius 1 is 0.833 bits per heavy atom. The lowest BCUT2D eigenvalue weighted by atomic mass is 10.00. The third-order valence-corrected chi connectivity index (χ3v) is 6.04. The van der Waals surface area contributed by atoms with Crippen LogP contribution in [0.2, 0.25) is 0 Å². The molecule has 42 heavy (non-hydrogen) atoms. The Labute approximate surface area is 248 Å². The van der Waals surface area contributed by atoms with Crippen LogP contribution < -0.4 is 10.6 Å². The summed E-state index contributed by atoms with van der Waals surface area (Å²) in [5.74, 6) is -1.92. The lowest BCUT2D eigenvalue weighted by Gasteiger charge is -2.34. The number of likely N-dealkylation sites (N-methyl/N-ethyl adjacent to an activating group) is 1. The van der Waals surface area contributed by atoms with Gasteiger partial charge in [-0.15, -0.1) is 0 Å². The van der Waals surface area contributed by atoms with Crippen LogP contribution in [0.15, 0.2) is 54.6 Å².